The first-order chi connectivity index (χ1) is 14.9. The zero-order valence-electron chi connectivity index (χ0n) is 17.2. The smallest absolute Gasteiger partial charge is 0.359 e. The van der Waals surface area contributed by atoms with Gasteiger partial charge < -0.3 is 15.4 Å². The Morgan fingerprint density at radius 2 is 1.68 bits per heavy atom. The number of ether oxygens (including phenoxy) is 1. The van der Waals surface area contributed by atoms with Crippen molar-refractivity contribution in [2.75, 3.05) is 11.9 Å². The number of aromatic nitrogens is 2. The summed E-state index contributed by atoms with van der Waals surface area (Å²) in [7, 11) is 0. The van der Waals surface area contributed by atoms with Crippen LogP contribution in [0.4, 0.5) is 5.69 Å². The van der Waals surface area contributed by atoms with Crippen LogP contribution in [0.1, 0.15) is 37.7 Å². The molecule has 0 aliphatic carbocycles. The molecule has 0 unspecified atom stereocenters. The first-order valence-corrected chi connectivity index (χ1v) is 9.61. The maximum Gasteiger partial charge on any atom is 0.359 e. The van der Waals surface area contributed by atoms with Crippen molar-refractivity contribution in [3.8, 4) is 0 Å². The molecule has 8 nitrogen and oxygen atoms in total. The molecule has 158 valence electrons. The molecule has 2 N–H and O–H groups in total. The fraction of sp³-hybridized carbons (Fsp3) is 0.174. The van der Waals surface area contributed by atoms with Gasteiger partial charge in [0.15, 0.2) is 12.3 Å². The van der Waals surface area contributed by atoms with Gasteiger partial charge in [0, 0.05) is 12.7 Å². The van der Waals surface area contributed by atoms with E-state index in [4.69, 9.17) is 4.74 Å². The zero-order chi connectivity index (χ0) is 22.2. The first-order valence-electron chi connectivity index (χ1n) is 9.61. The Hall–Kier alpha value is -4.07. The van der Waals surface area contributed by atoms with Gasteiger partial charge in [-0.15, -0.1) is 0 Å². The summed E-state index contributed by atoms with van der Waals surface area (Å²) in [6.07, 6.45) is 2.71. The summed E-state index contributed by atoms with van der Waals surface area (Å²) in [4.78, 5) is 44.7. The van der Waals surface area contributed by atoms with E-state index < -0.39 is 18.5 Å². The van der Waals surface area contributed by atoms with E-state index in [-0.39, 0.29) is 11.6 Å². The van der Waals surface area contributed by atoms with E-state index in [0.29, 0.717) is 23.5 Å². The largest absolute Gasteiger partial charge is 0.451 e. The third-order valence-electron chi connectivity index (χ3n) is 4.34. The predicted molar refractivity (Wildman–Crippen MR) is 114 cm³/mol. The van der Waals surface area contributed by atoms with Crippen molar-refractivity contribution in [2.24, 2.45) is 0 Å². The fourth-order valence-electron chi connectivity index (χ4n) is 2.66. The third kappa shape index (κ3) is 6.20. The summed E-state index contributed by atoms with van der Waals surface area (Å²) in [5, 5.41) is 5.43. The van der Waals surface area contributed by atoms with E-state index in [1.807, 2.05) is 31.2 Å². The van der Waals surface area contributed by atoms with E-state index in [2.05, 4.69) is 20.6 Å². The molecule has 0 saturated carbocycles. The maximum atomic E-state index is 12.6. The van der Waals surface area contributed by atoms with Crippen LogP contribution >= 0.6 is 0 Å². The van der Waals surface area contributed by atoms with Crippen molar-refractivity contribution in [3.05, 3.63) is 89.0 Å². The second-order valence-electron chi connectivity index (χ2n) is 6.88. The van der Waals surface area contributed by atoms with E-state index in [1.165, 1.54) is 12.4 Å². The van der Waals surface area contributed by atoms with Crippen LogP contribution in [0.3, 0.4) is 0 Å². The summed E-state index contributed by atoms with van der Waals surface area (Å²) >= 11 is 0. The highest BCUT2D eigenvalue weighted by Gasteiger charge is 2.15. The minimum absolute atomic E-state index is 0.00860. The van der Waals surface area contributed by atoms with Crippen LogP contribution in [-0.2, 0) is 16.1 Å². The average molecular weight is 418 g/mol. The number of para-hydroxylation sites is 1. The van der Waals surface area contributed by atoms with Crippen LogP contribution in [0.5, 0.6) is 0 Å². The Kier molecular flexibility index (Phi) is 7.05. The SMILES string of the molecule is Cc1ccc(CNC(=O)c2ccccc2NC(=O)COC(=O)c2cnc(C)cn2)cc1. The lowest BCUT2D eigenvalue weighted by atomic mass is 10.1. The molecule has 2 aromatic carbocycles. The topological polar surface area (TPSA) is 110 Å². The minimum Gasteiger partial charge on any atom is -0.451 e. The fourth-order valence-corrected chi connectivity index (χ4v) is 2.66. The summed E-state index contributed by atoms with van der Waals surface area (Å²) in [5.74, 6) is -1.66. The van der Waals surface area contributed by atoms with Crippen molar-refractivity contribution < 1.29 is 19.1 Å². The summed E-state index contributed by atoms with van der Waals surface area (Å²) in [6, 6.07) is 14.4. The Balaban J connectivity index is 1.57. The molecule has 3 rings (SSSR count). The highest BCUT2D eigenvalue weighted by atomic mass is 16.5. The number of nitrogens with one attached hydrogen (secondary N) is 2. The van der Waals surface area contributed by atoms with Crippen LogP contribution in [0.2, 0.25) is 0 Å². The van der Waals surface area contributed by atoms with Gasteiger partial charge in [-0.1, -0.05) is 42.0 Å². The Morgan fingerprint density at radius 1 is 0.935 bits per heavy atom. The molecular formula is C23H22N4O4. The van der Waals surface area contributed by atoms with Gasteiger partial charge in [0.2, 0.25) is 0 Å². The molecule has 0 radical (unpaired) electrons. The Morgan fingerprint density at radius 3 is 2.39 bits per heavy atom. The van der Waals surface area contributed by atoms with Gasteiger partial charge in [0.25, 0.3) is 11.8 Å². The van der Waals surface area contributed by atoms with E-state index >= 15 is 0 Å². The molecule has 8 heteroatoms. The second-order valence-corrected chi connectivity index (χ2v) is 6.88. The molecule has 0 bridgehead atoms. The van der Waals surface area contributed by atoms with Gasteiger partial charge in [-0.2, -0.15) is 0 Å². The number of benzene rings is 2. The normalized spacial score (nSPS) is 10.3. The lowest BCUT2D eigenvalue weighted by Gasteiger charge is -2.12. The molecule has 2 amide bonds. The summed E-state index contributed by atoms with van der Waals surface area (Å²) < 4.78 is 4.96. The van der Waals surface area contributed by atoms with Gasteiger partial charge >= 0.3 is 5.97 Å². The molecule has 0 atom stereocenters. The lowest BCUT2D eigenvalue weighted by Crippen LogP contribution is -2.26. The molecule has 0 saturated heterocycles. The number of nitrogens with zero attached hydrogens (tertiary/aromatic N) is 2. The van der Waals surface area contributed by atoms with Gasteiger partial charge in [-0.3, -0.25) is 14.6 Å². The zero-order valence-corrected chi connectivity index (χ0v) is 17.2. The van der Waals surface area contributed by atoms with Crippen molar-refractivity contribution in [2.45, 2.75) is 20.4 Å². The van der Waals surface area contributed by atoms with Crippen LogP contribution in [-0.4, -0.2) is 34.4 Å². The van der Waals surface area contributed by atoms with Gasteiger partial charge in [-0.25, -0.2) is 9.78 Å². The van der Waals surface area contributed by atoms with Crippen LogP contribution in [0.15, 0.2) is 60.9 Å². The number of carbonyl (C=O) groups excluding carboxylic acids is 3. The molecule has 0 aliphatic rings. The lowest BCUT2D eigenvalue weighted by molar-refractivity contribution is -0.119. The number of hydrogen-bond donors (Lipinski definition) is 2. The molecule has 0 spiro atoms. The Bertz CT molecular complexity index is 1080. The molecule has 31 heavy (non-hydrogen) atoms. The number of esters is 1. The molecule has 0 fully saturated rings. The highest BCUT2D eigenvalue weighted by Crippen LogP contribution is 2.15. The van der Waals surface area contributed by atoms with Crippen molar-refractivity contribution >= 4 is 23.5 Å². The van der Waals surface area contributed by atoms with Gasteiger partial charge in [-0.05, 0) is 31.5 Å². The van der Waals surface area contributed by atoms with Crippen molar-refractivity contribution in [1.82, 2.24) is 15.3 Å². The van der Waals surface area contributed by atoms with E-state index in [0.717, 1.165) is 11.1 Å². The van der Waals surface area contributed by atoms with Crippen LogP contribution in [0, 0.1) is 13.8 Å². The monoisotopic (exact) mass is 418 g/mol. The quantitative estimate of drug-likeness (QED) is 0.571. The van der Waals surface area contributed by atoms with Crippen molar-refractivity contribution in [3.63, 3.8) is 0 Å². The number of rotatable bonds is 7. The highest BCUT2D eigenvalue weighted by molar-refractivity contribution is 6.04. The summed E-state index contributed by atoms with van der Waals surface area (Å²) in [5.41, 5.74) is 3.39. The van der Waals surface area contributed by atoms with Crippen molar-refractivity contribution in [1.29, 1.82) is 0 Å². The van der Waals surface area contributed by atoms with Gasteiger partial charge in [0.05, 0.1) is 23.1 Å². The number of amides is 2. The van der Waals surface area contributed by atoms with Crippen LogP contribution in [0.25, 0.3) is 0 Å². The third-order valence-corrected chi connectivity index (χ3v) is 4.34. The molecule has 0 aliphatic heterocycles. The molecule has 1 aromatic heterocycles. The standard InChI is InChI=1S/C23H22N4O4/c1-15-7-9-17(10-8-15)12-26-22(29)18-5-3-4-6-19(18)27-21(28)14-31-23(30)20-13-24-16(2)11-25-20/h3-11,13H,12,14H2,1-2H3,(H,26,29)(H,27,28). The molecular weight excluding hydrogens is 396 g/mol. The van der Waals surface area contributed by atoms with E-state index in [1.54, 1.807) is 31.2 Å². The second kappa shape index (κ2) is 10.1. The van der Waals surface area contributed by atoms with E-state index in [9.17, 15) is 14.4 Å². The average Bonchev–Trinajstić information content (AvgIpc) is 2.78. The summed E-state index contributed by atoms with van der Waals surface area (Å²) in [6.45, 7) is 3.57. The number of hydrogen-bond acceptors (Lipinski definition) is 6. The minimum atomic E-state index is -0.758. The Labute approximate surface area is 179 Å². The predicted octanol–water partition coefficient (Wildman–Crippen LogP) is 2.82. The van der Waals surface area contributed by atoms with Gasteiger partial charge in [0.1, 0.15) is 0 Å². The molecule has 1 heterocycles. The molecule has 3 aromatic rings. The van der Waals surface area contributed by atoms with Crippen LogP contribution < -0.4 is 10.6 Å². The number of anilines is 1. The number of aryl methyl sites for hydroxylation is 2. The number of carbonyl (C=O) groups is 3. The first kappa shape index (κ1) is 21.6. The maximum absolute atomic E-state index is 12.6.